The Balaban J connectivity index is 0.00000264. The van der Waals surface area contributed by atoms with Crippen LogP contribution in [0.5, 0.6) is 0 Å². The highest BCUT2D eigenvalue weighted by Crippen LogP contribution is 2.41. The summed E-state index contributed by atoms with van der Waals surface area (Å²) in [5, 5.41) is 12.4. The van der Waals surface area contributed by atoms with Gasteiger partial charge in [0.25, 0.3) is 0 Å². The molecule has 0 spiro atoms. The highest BCUT2D eigenvalue weighted by atomic mass is 35.5. The molecule has 132 valence electrons. The monoisotopic (exact) mass is 388 g/mol. The number of hydrogen-bond donors (Lipinski definition) is 2. The van der Waals surface area contributed by atoms with Crippen molar-refractivity contribution >= 4 is 48.5 Å². The van der Waals surface area contributed by atoms with Gasteiger partial charge in [0.05, 0.1) is 19.4 Å². The maximum absolute atomic E-state index is 13.6. The van der Waals surface area contributed by atoms with Crippen molar-refractivity contribution in [2.24, 2.45) is 0 Å². The topological polar surface area (TPSA) is 62.2 Å². The third kappa shape index (κ3) is 5.95. The van der Waals surface area contributed by atoms with Crippen LogP contribution in [-0.4, -0.2) is 25.3 Å². The molecule has 0 saturated carbocycles. The number of ether oxygens (including phenoxy) is 1. The van der Waals surface area contributed by atoms with E-state index < -0.39 is 7.14 Å². The summed E-state index contributed by atoms with van der Waals surface area (Å²) < 4.78 is 18.7. The third-order valence-electron chi connectivity index (χ3n) is 3.29. The van der Waals surface area contributed by atoms with Gasteiger partial charge in [-0.2, -0.15) is 0 Å². The van der Waals surface area contributed by atoms with Gasteiger partial charge in [-0.05, 0) is 6.92 Å². The van der Waals surface area contributed by atoms with Crippen LogP contribution in [0.2, 0.25) is 0 Å². The lowest BCUT2D eigenvalue weighted by molar-refractivity contribution is 0.315. The summed E-state index contributed by atoms with van der Waals surface area (Å²) in [6, 6.07) is 19.0. The summed E-state index contributed by atoms with van der Waals surface area (Å²) in [5.41, 5.74) is 0. The lowest BCUT2D eigenvalue weighted by Gasteiger charge is -2.20. The summed E-state index contributed by atoms with van der Waals surface area (Å²) in [7, 11) is -2.76. The van der Waals surface area contributed by atoms with E-state index in [0.29, 0.717) is 12.9 Å². The van der Waals surface area contributed by atoms with E-state index in [1.54, 1.807) is 0 Å². The molecule has 0 aromatic heterocycles. The molecule has 0 fully saturated rings. The molecule has 0 heterocycles. The van der Waals surface area contributed by atoms with Gasteiger partial charge in [0.2, 0.25) is 0 Å². The van der Waals surface area contributed by atoms with Gasteiger partial charge in [-0.1, -0.05) is 60.7 Å². The van der Waals surface area contributed by atoms with Gasteiger partial charge in [0.1, 0.15) is 0 Å². The van der Waals surface area contributed by atoms with Crippen molar-refractivity contribution in [1.82, 2.24) is 5.32 Å². The second-order valence-corrected chi connectivity index (χ2v) is 7.68. The fraction of sp³-hybridized carbons (Fsp3) is 0.235. The molecule has 2 aromatic carbocycles. The number of benzene rings is 2. The van der Waals surface area contributed by atoms with Crippen LogP contribution in [0.4, 0.5) is 0 Å². The first-order valence-corrected chi connectivity index (χ1v) is 9.17. The molecule has 0 aliphatic rings. The maximum Gasteiger partial charge on any atom is 0.194 e. The third-order valence-corrected chi connectivity index (χ3v) is 6.22. The van der Waals surface area contributed by atoms with E-state index in [1.165, 1.54) is 0 Å². The van der Waals surface area contributed by atoms with Gasteiger partial charge in [0.15, 0.2) is 13.0 Å². The van der Waals surface area contributed by atoms with Crippen molar-refractivity contribution < 1.29 is 9.30 Å². The fourth-order valence-corrected chi connectivity index (χ4v) is 4.62. The molecule has 0 aliphatic heterocycles. The molecule has 0 amide bonds. The predicted octanol–water partition coefficient (Wildman–Crippen LogP) is 3.40. The average Bonchev–Trinajstić information content (AvgIpc) is 2.56. The van der Waals surface area contributed by atoms with Gasteiger partial charge in [-0.3, -0.25) is 5.41 Å². The summed E-state index contributed by atoms with van der Waals surface area (Å²) in [6.45, 7) is 2.58. The van der Waals surface area contributed by atoms with E-state index in [-0.39, 0.29) is 37.3 Å². The molecule has 2 rings (SSSR count). The zero-order valence-electron chi connectivity index (χ0n) is 13.5. The summed E-state index contributed by atoms with van der Waals surface area (Å²) >= 11 is 0. The summed E-state index contributed by atoms with van der Waals surface area (Å²) in [6.07, 6.45) is 0.302. The first kappa shape index (κ1) is 22.7. The van der Waals surface area contributed by atoms with E-state index in [9.17, 15) is 4.57 Å². The van der Waals surface area contributed by atoms with Crippen molar-refractivity contribution in [2.45, 2.75) is 6.92 Å². The Morgan fingerprint density at radius 3 is 1.88 bits per heavy atom. The molecule has 0 radical (unpaired) electrons. The first-order valence-electron chi connectivity index (χ1n) is 7.28. The molecule has 0 aliphatic carbocycles. The molecule has 0 atom stereocenters. The Hall–Kier alpha value is -1.32. The van der Waals surface area contributed by atoms with Gasteiger partial charge in [-0.25, -0.2) is 0 Å². The first-order chi connectivity index (χ1) is 10.7. The minimum absolute atomic E-state index is 0. The van der Waals surface area contributed by atoms with E-state index >= 15 is 0 Å². The quantitative estimate of drug-likeness (QED) is 0.434. The Kier molecular flexibility index (Phi) is 10.7. The molecule has 0 bridgehead atoms. The molecule has 0 unspecified atom stereocenters. The Morgan fingerprint density at radius 1 is 1.00 bits per heavy atom. The fourth-order valence-electron chi connectivity index (χ4n) is 2.22. The number of hydrogen-bond acceptors (Lipinski definition) is 4. The second kappa shape index (κ2) is 11.3. The van der Waals surface area contributed by atoms with E-state index in [2.05, 4.69) is 5.32 Å². The van der Waals surface area contributed by atoms with Crippen LogP contribution >= 0.6 is 32.0 Å². The number of nitrogens with one attached hydrogen (secondary N) is 2. The Bertz CT molecular complexity index is 611. The van der Waals surface area contributed by atoms with Crippen LogP contribution < -0.4 is 15.9 Å². The van der Waals surface area contributed by atoms with Crippen molar-refractivity contribution in [3.63, 3.8) is 0 Å². The summed E-state index contributed by atoms with van der Waals surface area (Å²) in [5.74, 6) is 0.162. The van der Waals surface area contributed by atoms with Crippen molar-refractivity contribution in [2.75, 3.05) is 19.4 Å². The number of halogens is 2. The summed E-state index contributed by atoms with van der Waals surface area (Å²) in [4.78, 5) is 0. The van der Waals surface area contributed by atoms with Gasteiger partial charge >= 0.3 is 0 Å². The van der Waals surface area contributed by atoms with Crippen LogP contribution in [0, 0.1) is 5.41 Å². The minimum atomic E-state index is -2.76. The maximum atomic E-state index is 13.6. The standard InChI is InChI=1S/C17H21N2O2P.2ClH/c1-2-21-17(18)13-19-14-22(20,15-9-5-3-6-10-15)16-11-7-4-8-12-16;;/h3-12,18-19H,2,13-14H2,1H3;2*1H. The van der Waals surface area contributed by atoms with E-state index in [1.807, 2.05) is 67.6 Å². The molecule has 0 saturated heterocycles. The lowest BCUT2D eigenvalue weighted by Crippen LogP contribution is -2.30. The normalized spacial score (nSPS) is 10.2. The van der Waals surface area contributed by atoms with Crippen LogP contribution in [0.3, 0.4) is 0 Å². The molecular weight excluding hydrogens is 366 g/mol. The lowest BCUT2D eigenvalue weighted by atomic mass is 10.4. The van der Waals surface area contributed by atoms with Gasteiger partial charge in [-0.15, -0.1) is 24.8 Å². The molecule has 4 nitrogen and oxygen atoms in total. The van der Waals surface area contributed by atoms with Gasteiger partial charge < -0.3 is 14.6 Å². The Labute approximate surface area is 155 Å². The van der Waals surface area contributed by atoms with E-state index in [0.717, 1.165) is 10.6 Å². The van der Waals surface area contributed by atoms with Crippen LogP contribution in [0.1, 0.15) is 6.92 Å². The molecular formula is C17H23Cl2N2O2P. The van der Waals surface area contributed by atoms with Crippen molar-refractivity contribution in [3.8, 4) is 0 Å². The molecule has 24 heavy (non-hydrogen) atoms. The molecule has 2 N–H and O–H groups in total. The highest BCUT2D eigenvalue weighted by Gasteiger charge is 2.26. The number of rotatable bonds is 7. The van der Waals surface area contributed by atoms with Crippen LogP contribution in [0.25, 0.3) is 0 Å². The minimum Gasteiger partial charge on any atom is -0.481 e. The Morgan fingerprint density at radius 2 is 1.46 bits per heavy atom. The molecule has 7 heteroatoms. The average molecular weight is 389 g/mol. The smallest absolute Gasteiger partial charge is 0.194 e. The van der Waals surface area contributed by atoms with Crippen LogP contribution in [0.15, 0.2) is 60.7 Å². The van der Waals surface area contributed by atoms with E-state index in [4.69, 9.17) is 10.1 Å². The second-order valence-electron chi connectivity index (χ2n) is 4.85. The predicted molar refractivity (Wildman–Crippen MR) is 106 cm³/mol. The SMILES string of the molecule is CCOC(=N)CNCP(=O)(c1ccccc1)c1ccccc1.Cl.Cl. The highest BCUT2D eigenvalue weighted by molar-refractivity contribution is 7.78. The largest absolute Gasteiger partial charge is 0.481 e. The van der Waals surface area contributed by atoms with Crippen molar-refractivity contribution in [1.29, 1.82) is 5.41 Å². The zero-order chi connectivity index (χ0) is 15.8. The molecule has 2 aromatic rings. The van der Waals surface area contributed by atoms with Crippen LogP contribution in [-0.2, 0) is 9.30 Å². The van der Waals surface area contributed by atoms with Crippen molar-refractivity contribution in [3.05, 3.63) is 60.7 Å². The zero-order valence-corrected chi connectivity index (χ0v) is 16.0. The van der Waals surface area contributed by atoms with Gasteiger partial charge in [0, 0.05) is 10.6 Å².